The fourth-order valence-corrected chi connectivity index (χ4v) is 3.30. The van der Waals surface area contributed by atoms with Gasteiger partial charge in [-0.2, -0.15) is 0 Å². The molecule has 1 N–H and O–H groups in total. The quantitative estimate of drug-likeness (QED) is 0.811. The topological polar surface area (TPSA) is 39.3 Å². The minimum absolute atomic E-state index is 0.243. The lowest BCUT2D eigenvalue weighted by Crippen LogP contribution is -2.38. The van der Waals surface area contributed by atoms with Crippen molar-refractivity contribution >= 4 is 5.78 Å². The van der Waals surface area contributed by atoms with Crippen LogP contribution < -0.4 is 0 Å². The number of rotatable bonds is 6. The van der Waals surface area contributed by atoms with Gasteiger partial charge in [-0.25, -0.2) is 0 Å². The van der Waals surface area contributed by atoms with E-state index in [1.165, 1.54) is 6.42 Å². The Hall–Kier alpha value is -1.13. The Kier molecular flexibility index (Phi) is 5.00. The lowest BCUT2D eigenvalue weighted by Gasteiger charge is -2.26. The number of aromatic nitrogens is 1. The molecule has 20 heavy (non-hydrogen) atoms. The molecule has 0 saturated carbocycles. The average Bonchev–Trinajstić information content (AvgIpc) is 2.98. The summed E-state index contributed by atoms with van der Waals surface area (Å²) in [5.74, 6) is 0.243. The highest BCUT2D eigenvalue weighted by Gasteiger charge is 2.27. The molecular formula is C16H27N3O. The highest BCUT2D eigenvalue weighted by molar-refractivity contribution is 5.98. The molecule has 0 aliphatic carbocycles. The smallest absolute Gasteiger partial charge is 0.178 e. The fourth-order valence-electron chi connectivity index (χ4n) is 3.30. The van der Waals surface area contributed by atoms with Crippen molar-refractivity contribution in [1.29, 1.82) is 0 Å². The van der Waals surface area contributed by atoms with Gasteiger partial charge in [0.05, 0.1) is 6.54 Å². The second kappa shape index (κ2) is 6.55. The number of carbonyl (C=O) groups excluding carboxylic acids is 1. The SMILES string of the molecule is CCN(CC)C1CCN(CC(=O)c2cc(C)[nH]c2C)C1. The standard InChI is InChI=1S/C16H27N3O/c1-5-19(6-2)14-7-8-18(10-14)11-16(20)15-9-12(3)17-13(15)4/h9,14,17H,5-8,10-11H2,1-4H3. The van der Waals surface area contributed by atoms with Gasteiger partial charge in [-0.05, 0) is 39.4 Å². The van der Waals surface area contributed by atoms with Crippen LogP contribution in [0.3, 0.4) is 0 Å². The summed E-state index contributed by atoms with van der Waals surface area (Å²) < 4.78 is 0. The lowest BCUT2D eigenvalue weighted by molar-refractivity contribution is 0.0939. The Labute approximate surface area is 122 Å². The third kappa shape index (κ3) is 3.30. The van der Waals surface area contributed by atoms with E-state index in [1.54, 1.807) is 0 Å². The second-order valence-corrected chi connectivity index (χ2v) is 5.81. The number of hydrogen-bond acceptors (Lipinski definition) is 3. The lowest BCUT2D eigenvalue weighted by atomic mass is 10.1. The average molecular weight is 277 g/mol. The molecule has 0 spiro atoms. The van der Waals surface area contributed by atoms with E-state index in [1.807, 2.05) is 19.9 Å². The van der Waals surface area contributed by atoms with Crippen LogP contribution in [0.1, 0.15) is 42.0 Å². The maximum atomic E-state index is 12.4. The summed E-state index contributed by atoms with van der Waals surface area (Å²) in [5.41, 5.74) is 2.91. The molecule has 1 saturated heterocycles. The zero-order chi connectivity index (χ0) is 14.7. The first-order valence-corrected chi connectivity index (χ1v) is 7.71. The fraction of sp³-hybridized carbons (Fsp3) is 0.688. The number of likely N-dealkylation sites (N-methyl/N-ethyl adjacent to an activating group) is 1. The molecule has 4 nitrogen and oxygen atoms in total. The van der Waals surface area contributed by atoms with Crippen LogP contribution in [0.2, 0.25) is 0 Å². The molecule has 0 aromatic carbocycles. The van der Waals surface area contributed by atoms with Crippen molar-refractivity contribution in [3.05, 3.63) is 23.0 Å². The molecule has 0 amide bonds. The zero-order valence-corrected chi connectivity index (χ0v) is 13.2. The molecule has 1 atom stereocenters. The minimum atomic E-state index is 0.243. The molecule has 1 aromatic heterocycles. The van der Waals surface area contributed by atoms with E-state index < -0.39 is 0 Å². The van der Waals surface area contributed by atoms with Gasteiger partial charge in [-0.15, -0.1) is 0 Å². The van der Waals surface area contributed by atoms with Crippen molar-refractivity contribution in [3.8, 4) is 0 Å². The summed E-state index contributed by atoms with van der Waals surface area (Å²) in [6, 6.07) is 2.59. The largest absolute Gasteiger partial charge is 0.362 e. The molecular weight excluding hydrogens is 250 g/mol. The number of aromatic amines is 1. The number of carbonyl (C=O) groups is 1. The summed E-state index contributed by atoms with van der Waals surface area (Å²) in [6.07, 6.45) is 1.18. The van der Waals surface area contributed by atoms with E-state index in [2.05, 4.69) is 28.6 Å². The first kappa shape index (κ1) is 15.3. The van der Waals surface area contributed by atoms with Crippen LogP contribution in [-0.2, 0) is 0 Å². The van der Waals surface area contributed by atoms with Gasteiger partial charge < -0.3 is 4.98 Å². The van der Waals surface area contributed by atoms with Crippen molar-refractivity contribution in [3.63, 3.8) is 0 Å². The highest BCUT2D eigenvalue weighted by Crippen LogP contribution is 2.17. The first-order chi connectivity index (χ1) is 9.55. The van der Waals surface area contributed by atoms with Crippen molar-refractivity contribution in [1.82, 2.24) is 14.8 Å². The van der Waals surface area contributed by atoms with Crippen molar-refractivity contribution < 1.29 is 4.79 Å². The van der Waals surface area contributed by atoms with E-state index in [0.717, 1.165) is 43.1 Å². The molecule has 2 heterocycles. The van der Waals surface area contributed by atoms with Crippen molar-refractivity contribution in [2.24, 2.45) is 0 Å². The number of H-pyrrole nitrogens is 1. The Morgan fingerprint density at radius 3 is 2.65 bits per heavy atom. The maximum Gasteiger partial charge on any atom is 0.178 e. The predicted octanol–water partition coefficient (Wildman–Crippen LogP) is 2.23. The highest BCUT2D eigenvalue weighted by atomic mass is 16.1. The van der Waals surface area contributed by atoms with Gasteiger partial charge in [0.25, 0.3) is 0 Å². The van der Waals surface area contributed by atoms with E-state index in [4.69, 9.17) is 0 Å². The molecule has 1 aliphatic rings. The number of nitrogens with one attached hydrogen (secondary N) is 1. The molecule has 0 bridgehead atoms. The van der Waals surface area contributed by atoms with Crippen LogP contribution in [-0.4, -0.2) is 59.3 Å². The van der Waals surface area contributed by atoms with Gasteiger partial charge in [0.15, 0.2) is 5.78 Å². The Bertz CT molecular complexity index is 462. The van der Waals surface area contributed by atoms with Crippen LogP contribution in [0.15, 0.2) is 6.07 Å². The molecule has 1 unspecified atom stereocenters. The number of likely N-dealkylation sites (tertiary alicyclic amines) is 1. The summed E-state index contributed by atoms with van der Waals surface area (Å²) in [7, 11) is 0. The Morgan fingerprint density at radius 2 is 2.10 bits per heavy atom. The third-order valence-electron chi connectivity index (χ3n) is 4.39. The van der Waals surface area contributed by atoms with Gasteiger partial charge in [0.2, 0.25) is 0 Å². The molecule has 4 heteroatoms. The van der Waals surface area contributed by atoms with Crippen LogP contribution in [0.25, 0.3) is 0 Å². The van der Waals surface area contributed by atoms with Gasteiger partial charge in [0, 0.05) is 36.1 Å². The summed E-state index contributed by atoms with van der Waals surface area (Å²) in [5, 5.41) is 0. The normalized spacial score (nSPS) is 19.9. The summed E-state index contributed by atoms with van der Waals surface area (Å²) in [4.78, 5) is 20.4. The van der Waals surface area contributed by atoms with Crippen LogP contribution in [0, 0.1) is 13.8 Å². The van der Waals surface area contributed by atoms with Gasteiger partial charge >= 0.3 is 0 Å². The number of nitrogens with zero attached hydrogens (tertiary/aromatic N) is 2. The maximum absolute atomic E-state index is 12.4. The van der Waals surface area contributed by atoms with Gasteiger partial charge in [-0.3, -0.25) is 14.6 Å². The molecule has 1 fully saturated rings. The van der Waals surface area contributed by atoms with E-state index in [-0.39, 0.29) is 5.78 Å². The van der Waals surface area contributed by atoms with E-state index in [9.17, 15) is 4.79 Å². The van der Waals surface area contributed by atoms with Crippen LogP contribution >= 0.6 is 0 Å². The van der Waals surface area contributed by atoms with E-state index >= 15 is 0 Å². The summed E-state index contributed by atoms with van der Waals surface area (Å²) >= 11 is 0. The Balaban J connectivity index is 1.92. The van der Waals surface area contributed by atoms with Crippen LogP contribution in [0.4, 0.5) is 0 Å². The Morgan fingerprint density at radius 1 is 1.40 bits per heavy atom. The predicted molar refractivity (Wildman–Crippen MR) is 82.4 cm³/mol. The van der Waals surface area contributed by atoms with E-state index in [0.29, 0.717) is 12.6 Å². The van der Waals surface area contributed by atoms with Crippen LogP contribution in [0.5, 0.6) is 0 Å². The zero-order valence-electron chi connectivity index (χ0n) is 13.2. The molecule has 112 valence electrons. The minimum Gasteiger partial charge on any atom is -0.362 e. The van der Waals surface area contributed by atoms with Crippen molar-refractivity contribution in [2.75, 3.05) is 32.7 Å². The number of ketones is 1. The first-order valence-electron chi connectivity index (χ1n) is 7.71. The van der Waals surface area contributed by atoms with Gasteiger partial charge in [-0.1, -0.05) is 13.8 Å². The molecule has 0 radical (unpaired) electrons. The molecule has 2 rings (SSSR count). The summed E-state index contributed by atoms with van der Waals surface area (Å²) in [6.45, 7) is 13.2. The number of hydrogen-bond donors (Lipinski definition) is 1. The molecule has 1 aliphatic heterocycles. The monoisotopic (exact) mass is 277 g/mol. The van der Waals surface area contributed by atoms with Crippen molar-refractivity contribution in [2.45, 2.75) is 40.2 Å². The number of Topliss-reactive ketones (excluding diaryl/α,β-unsaturated/α-hetero) is 1. The third-order valence-corrected chi connectivity index (χ3v) is 4.39. The second-order valence-electron chi connectivity index (χ2n) is 5.81. The van der Waals surface area contributed by atoms with Gasteiger partial charge in [0.1, 0.15) is 0 Å². The number of aryl methyl sites for hydroxylation is 2. The molecule has 1 aromatic rings.